The van der Waals surface area contributed by atoms with Crippen LogP contribution in [0, 0.1) is 0 Å². The molecule has 0 fully saturated rings. The second kappa shape index (κ2) is 47.2. The molecule has 1 atom stereocenters. The minimum absolute atomic E-state index is 0.0754. The lowest BCUT2D eigenvalue weighted by molar-refractivity contribution is -0.163. The summed E-state index contributed by atoms with van der Waals surface area (Å²) >= 11 is 0. The maximum absolute atomic E-state index is 12.7. The Morgan fingerprint density at radius 2 is 0.821 bits per heavy atom. The molecule has 0 aliphatic heterocycles. The summed E-state index contributed by atoms with van der Waals surface area (Å²) in [7, 11) is 0. The highest BCUT2D eigenvalue weighted by Crippen LogP contribution is 2.15. The van der Waals surface area contributed by atoms with Crippen molar-refractivity contribution in [3.05, 3.63) is 48.6 Å². The quantitative estimate of drug-likeness (QED) is 0.0350. The smallest absolute Gasteiger partial charge is 0.306 e. The monoisotopic (exact) mass is 785 g/mol. The first-order chi connectivity index (χ1) is 27.6. The van der Waals surface area contributed by atoms with Crippen LogP contribution in [0.4, 0.5) is 0 Å². The van der Waals surface area contributed by atoms with Gasteiger partial charge < -0.3 is 14.2 Å². The fourth-order valence-electron chi connectivity index (χ4n) is 6.74. The molecule has 56 heavy (non-hydrogen) atoms. The average Bonchev–Trinajstić information content (AvgIpc) is 3.20. The van der Waals surface area contributed by atoms with Gasteiger partial charge in [-0.3, -0.25) is 9.59 Å². The highest BCUT2D eigenvalue weighted by Gasteiger charge is 2.17. The molecule has 0 aliphatic carbocycles. The zero-order valence-electron chi connectivity index (χ0n) is 37.4. The van der Waals surface area contributed by atoms with Crippen molar-refractivity contribution in [3.63, 3.8) is 0 Å². The normalized spacial score (nSPS) is 12.6. The first kappa shape index (κ1) is 53.9. The Morgan fingerprint density at radius 1 is 0.411 bits per heavy atom. The summed E-state index contributed by atoms with van der Waals surface area (Å²) in [5, 5.41) is 0. The van der Waals surface area contributed by atoms with E-state index < -0.39 is 6.10 Å². The van der Waals surface area contributed by atoms with Gasteiger partial charge in [-0.2, -0.15) is 0 Å². The molecule has 0 saturated heterocycles. The number of allylic oxidation sites excluding steroid dienone is 8. The second-order valence-corrected chi connectivity index (χ2v) is 16.0. The predicted molar refractivity (Wildman–Crippen MR) is 242 cm³/mol. The summed E-state index contributed by atoms with van der Waals surface area (Å²) in [6, 6.07) is 0. The van der Waals surface area contributed by atoms with Crippen molar-refractivity contribution in [1.82, 2.24) is 0 Å². The molecule has 0 spiro atoms. The van der Waals surface area contributed by atoms with Gasteiger partial charge in [-0.25, -0.2) is 0 Å². The third-order valence-corrected chi connectivity index (χ3v) is 10.3. The van der Waals surface area contributed by atoms with Crippen molar-refractivity contribution < 1.29 is 23.8 Å². The molecular weight excluding hydrogens is 693 g/mol. The van der Waals surface area contributed by atoms with Crippen molar-refractivity contribution in [3.8, 4) is 0 Å². The van der Waals surface area contributed by atoms with E-state index >= 15 is 0 Å². The zero-order valence-corrected chi connectivity index (χ0v) is 37.4. The van der Waals surface area contributed by atoms with Crippen LogP contribution in [0.15, 0.2) is 48.6 Å². The van der Waals surface area contributed by atoms with E-state index in [0.29, 0.717) is 19.4 Å². The van der Waals surface area contributed by atoms with Crippen molar-refractivity contribution in [2.75, 3.05) is 19.8 Å². The number of unbranched alkanes of at least 4 members (excludes halogenated alkanes) is 25. The summed E-state index contributed by atoms with van der Waals surface area (Å²) < 4.78 is 17.3. The van der Waals surface area contributed by atoms with Crippen LogP contribution in [-0.4, -0.2) is 37.9 Å². The Morgan fingerprint density at radius 3 is 1.36 bits per heavy atom. The van der Waals surface area contributed by atoms with E-state index in [9.17, 15) is 9.59 Å². The van der Waals surface area contributed by atoms with Crippen LogP contribution in [0.3, 0.4) is 0 Å². The van der Waals surface area contributed by atoms with Gasteiger partial charge in [0.1, 0.15) is 6.61 Å². The zero-order chi connectivity index (χ0) is 40.7. The molecule has 0 N–H and O–H groups in total. The van der Waals surface area contributed by atoms with Gasteiger partial charge >= 0.3 is 11.9 Å². The van der Waals surface area contributed by atoms with Crippen LogP contribution in [-0.2, 0) is 23.8 Å². The topological polar surface area (TPSA) is 61.8 Å². The van der Waals surface area contributed by atoms with Gasteiger partial charge in [0.2, 0.25) is 0 Å². The molecule has 0 amide bonds. The van der Waals surface area contributed by atoms with Gasteiger partial charge in [0.15, 0.2) is 6.10 Å². The third kappa shape index (κ3) is 44.6. The molecule has 0 aromatic carbocycles. The number of esters is 2. The second-order valence-electron chi connectivity index (χ2n) is 16.0. The van der Waals surface area contributed by atoms with E-state index in [1.807, 2.05) is 0 Å². The summed E-state index contributed by atoms with van der Waals surface area (Å²) in [5.74, 6) is -0.414. The third-order valence-electron chi connectivity index (χ3n) is 10.3. The number of hydrogen-bond donors (Lipinski definition) is 0. The Balaban J connectivity index is 4.26. The van der Waals surface area contributed by atoms with Crippen LogP contribution >= 0.6 is 0 Å². The van der Waals surface area contributed by atoms with Crippen LogP contribution < -0.4 is 0 Å². The van der Waals surface area contributed by atoms with E-state index in [2.05, 4.69) is 69.4 Å². The van der Waals surface area contributed by atoms with E-state index in [1.54, 1.807) is 0 Å². The maximum Gasteiger partial charge on any atom is 0.306 e. The van der Waals surface area contributed by atoms with Crippen molar-refractivity contribution in [2.45, 2.75) is 245 Å². The molecule has 0 bridgehead atoms. The number of rotatable bonds is 44. The molecule has 0 radical (unpaired) electrons. The molecule has 0 heterocycles. The first-order valence-corrected chi connectivity index (χ1v) is 24.2. The maximum atomic E-state index is 12.7. The van der Waals surface area contributed by atoms with Gasteiger partial charge in [0, 0.05) is 19.4 Å². The number of carbonyl (C=O) groups excluding carboxylic acids is 2. The first-order valence-electron chi connectivity index (χ1n) is 24.2. The lowest BCUT2D eigenvalue weighted by Crippen LogP contribution is -2.30. The Kier molecular flexibility index (Phi) is 45.4. The van der Waals surface area contributed by atoms with Gasteiger partial charge in [0.05, 0.1) is 6.61 Å². The molecular formula is C51H92O5. The Hall–Kier alpha value is -2.14. The lowest BCUT2D eigenvalue weighted by atomic mass is 10.0. The van der Waals surface area contributed by atoms with Crippen LogP contribution in [0.1, 0.15) is 239 Å². The minimum Gasteiger partial charge on any atom is -0.462 e. The Bertz CT molecular complexity index is 935. The molecule has 1 unspecified atom stereocenters. The Labute approximate surface area is 348 Å². The summed E-state index contributed by atoms with van der Waals surface area (Å²) in [6.07, 6.45) is 56.8. The average molecular weight is 785 g/mol. The summed E-state index contributed by atoms with van der Waals surface area (Å²) in [6.45, 7) is 7.64. The van der Waals surface area contributed by atoms with Crippen LogP contribution in [0.25, 0.3) is 0 Å². The molecule has 5 heteroatoms. The minimum atomic E-state index is -0.547. The van der Waals surface area contributed by atoms with E-state index in [1.165, 1.54) is 128 Å². The number of ether oxygens (including phenoxy) is 3. The predicted octanol–water partition coefficient (Wildman–Crippen LogP) is 16.0. The van der Waals surface area contributed by atoms with Gasteiger partial charge in [-0.05, 0) is 70.6 Å². The molecule has 0 aromatic heterocycles. The summed E-state index contributed by atoms with van der Waals surface area (Å²) in [5.41, 5.74) is 0. The van der Waals surface area contributed by atoms with Gasteiger partial charge in [-0.15, -0.1) is 0 Å². The van der Waals surface area contributed by atoms with E-state index in [4.69, 9.17) is 14.2 Å². The fraction of sp³-hybridized carbons (Fsp3) is 0.804. The van der Waals surface area contributed by atoms with Gasteiger partial charge in [-0.1, -0.05) is 204 Å². The van der Waals surface area contributed by atoms with Crippen molar-refractivity contribution in [2.24, 2.45) is 0 Å². The van der Waals surface area contributed by atoms with Crippen LogP contribution in [0.5, 0.6) is 0 Å². The molecule has 0 aromatic rings. The standard InChI is InChI=1S/C51H92O5/c1-4-7-10-13-16-19-22-24-26-27-30-32-35-38-41-44-50(52)55-48-49(56-51(53)45-42-39-36-33-29-21-18-15-12-9-6-3)47-54-46-43-40-37-34-31-28-25-23-20-17-14-11-8-5-2/h8,11,15,17-18,20,25,28,49H,4-7,9-10,12-14,16,19,21-24,26-27,29-48H2,1-3H3/b11-8-,18-15-,20-17-,28-25-. The number of hydrogen-bond acceptors (Lipinski definition) is 5. The number of carbonyl (C=O) groups is 2. The summed E-state index contributed by atoms with van der Waals surface area (Å²) in [4.78, 5) is 25.3. The molecule has 5 nitrogen and oxygen atoms in total. The van der Waals surface area contributed by atoms with Gasteiger partial charge in [0.25, 0.3) is 0 Å². The molecule has 0 rings (SSSR count). The molecule has 0 aliphatic rings. The molecule has 0 saturated carbocycles. The highest BCUT2D eigenvalue weighted by atomic mass is 16.6. The molecule has 326 valence electrons. The van der Waals surface area contributed by atoms with Crippen molar-refractivity contribution >= 4 is 11.9 Å². The largest absolute Gasteiger partial charge is 0.462 e. The van der Waals surface area contributed by atoms with Crippen LogP contribution in [0.2, 0.25) is 0 Å². The SMILES string of the molecule is CC/C=C\C/C=C\C/C=C\CCCCCCOCC(COC(=O)CCCCCCCCCCCCCCCCC)OC(=O)CCCCCCC/C=C\CCCC. The van der Waals surface area contributed by atoms with Crippen molar-refractivity contribution in [1.29, 1.82) is 0 Å². The lowest BCUT2D eigenvalue weighted by Gasteiger charge is -2.18. The highest BCUT2D eigenvalue weighted by molar-refractivity contribution is 5.70. The van der Waals surface area contributed by atoms with E-state index in [0.717, 1.165) is 77.0 Å². The van der Waals surface area contributed by atoms with E-state index in [-0.39, 0.29) is 25.2 Å². The fourth-order valence-corrected chi connectivity index (χ4v) is 6.74.